The van der Waals surface area contributed by atoms with E-state index in [1.165, 1.54) is 15.8 Å². The minimum Gasteiger partial charge on any atom is -0.494 e. The molecule has 0 spiro atoms. The van der Waals surface area contributed by atoms with Crippen molar-refractivity contribution in [2.45, 2.75) is 111 Å². The fraction of sp³-hybridized carbons (Fsp3) is 0.559. The van der Waals surface area contributed by atoms with E-state index in [0.717, 1.165) is 25.7 Å². The second-order valence-electron chi connectivity index (χ2n) is 13.5. The lowest BCUT2D eigenvalue weighted by molar-refractivity contribution is -0.0173. The molecular formula is C34H48N6O7. The van der Waals surface area contributed by atoms with Crippen LogP contribution in [0.15, 0.2) is 30.5 Å². The van der Waals surface area contributed by atoms with Gasteiger partial charge in [0.1, 0.15) is 22.7 Å². The van der Waals surface area contributed by atoms with Gasteiger partial charge in [0.15, 0.2) is 11.5 Å². The number of carbonyl (C=O) groups is 3. The molecule has 1 fully saturated rings. The number of nitrogens with zero attached hydrogens (tertiary/aromatic N) is 4. The number of alkyl carbamates (subject to hydrolysis) is 1. The molecule has 1 aliphatic carbocycles. The Hall–Kier alpha value is -4.39. The fourth-order valence-corrected chi connectivity index (χ4v) is 5.27. The molecule has 3 aromatic rings. The molecule has 0 aliphatic heterocycles. The van der Waals surface area contributed by atoms with Crippen LogP contribution in [0.4, 0.5) is 16.4 Å². The molecule has 0 bridgehead atoms. The third kappa shape index (κ3) is 9.12. The Morgan fingerprint density at radius 2 is 1.57 bits per heavy atom. The highest BCUT2D eigenvalue weighted by molar-refractivity contribution is 6.05. The molecule has 1 saturated carbocycles. The van der Waals surface area contributed by atoms with E-state index in [4.69, 9.17) is 24.0 Å². The highest BCUT2D eigenvalue weighted by Gasteiger charge is 2.33. The van der Waals surface area contributed by atoms with Gasteiger partial charge < -0.3 is 24.8 Å². The van der Waals surface area contributed by atoms with Crippen molar-refractivity contribution in [2.75, 3.05) is 23.6 Å². The zero-order valence-electron chi connectivity index (χ0n) is 28.9. The fourth-order valence-electron chi connectivity index (χ4n) is 5.27. The van der Waals surface area contributed by atoms with E-state index in [1.54, 1.807) is 31.2 Å². The number of hydroxylamine groups is 1. The summed E-state index contributed by atoms with van der Waals surface area (Å²) in [5.74, 6) is 0.395. The van der Waals surface area contributed by atoms with Crippen LogP contribution in [-0.2, 0) is 14.3 Å². The maximum atomic E-state index is 14.2. The highest BCUT2D eigenvalue weighted by atomic mass is 16.7. The van der Waals surface area contributed by atoms with Crippen LogP contribution < -0.4 is 20.4 Å². The van der Waals surface area contributed by atoms with Gasteiger partial charge in [0.2, 0.25) is 0 Å². The standard InChI is InChI=1S/C34H48N6O7/c1-10-44-25-18-12-22(13-19-25)30(41)40(47-34(7,8)9)29-21(3)27(38-28-26(20-35-39(28)29)31(42)45-11-2)36-23-14-16-24(17-15-23)37-32(43)46-33(4,5)6/h12-13,18-20,23-24H,10-11,14-17H2,1-9H3,(H,36,38)(H,37,43). The van der Waals surface area contributed by atoms with E-state index in [0.29, 0.717) is 35.1 Å². The molecule has 1 aromatic carbocycles. The van der Waals surface area contributed by atoms with Crippen LogP contribution in [0.1, 0.15) is 107 Å². The smallest absolute Gasteiger partial charge is 0.407 e. The van der Waals surface area contributed by atoms with E-state index in [1.807, 2.05) is 55.4 Å². The number of hydrogen-bond acceptors (Lipinski definition) is 10. The Morgan fingerprint density at radius 3 is 2.15 bits per heavy atom. The molecule has 0 unspecified atom stereocenters. The lowest BCUT2D eigenvalue weighted by atomic mass is 9.91. The summed E-state index contributed by atoms with van der Waals surface area (Å²) in [5.41, 5.74) is -0.0250. The van der Waals surface area contributed by atoms with Gasteiger partial charge in [-0.25, -0.2) is 14.6 Å². The van der Waals surface area contributed by atoms with Crippen molar-refractivity contribution in [3.8, 4) is 5.75 Å². The maximum absolute atomic E-state index is 14.2. The number of amides is 2. The summed E-state index contributed by atoms with van der Waals surface area (Å²) in [7, 11) is 0. The molecule has 2 aromatic heterocycles. The number of esters is 1. The quantitative estimate of drug-likeness (QED) is 0.191. The minimum atomic E-state index is -0.785. The molecule has 13 heteroatoms. The van der Waals surface area contributed by atoms with Crippen molar-refractivity contribution in [3.05, 3.63) is 47.2 Å². The van der Waals surface area contributed by atoms with Crippen molar-refractivity contribution in [1.82, 2.24) is 19.9 Å². The molecular weight excluding hydrogens is 604 g/mol. The first-order chi connectivity index (χ1) is 22.1. The molecule has 0 saturated heterocycles. The van der Waals surface area contributed by atoms with Crippen LogP contribution in [0.3, 0.4) is 0 Å². The summed E-state index contributed by atoms with van der Waals surface area (Å²) in [4.78, 5) is 50.6. The van der Waals surface area contributed by atoms with Crippen LogP contribution >= 0.6 is 0 Å². The van der Waals surface area contributed by atoms with Crippen LogP contribution in [0.5, 0.6) is 5.75 Å². The summed E-state index contributed by atoms with van der Waals surface area (Å²) >= 11 is 0. The van der Waals surface area contributed by atoms with Gasteiger partial charge in [-0.2, -0.15) is 14.7 Å². The first kappa shape index (κ1) is 35.5. The Kier molecular flexibility index (Phi) is 11.0. The number of nitrogens with one attached hydrogen (secondary N) is 2. The van der Waals surface area contributed by atoms with E-state index in [2.05, 4.69) is 15.7 Å². The summed E-state index contributed by atoms with van der Waals surface area (Å²) in [6.45, 7) is 17.2. The Balaban J connectivity index is 1.72. The van der Waals surface area contributed by atoms with E-state index >= 15 is 0 Å². The summed E-state index contributed by atoms with van der Waals surface area (Å²) in [5, 5.41) is 12.2. The number of carbonyl (C=O) groups excluding carboxylic acids is 3. The van der Waals surface area contributed by atoms with Gasteiger partial charge in [0, 0.05) is 23.2 Å². The number of benzene rings is 1. The topological polar surface area (TPSA) is 146 Å². The first-order valence-electron chi connectivity index (χ1n) is 16.2. The van der Waals surface area contributed by atoms with E-state index < -0.39 is 29.2 Å². The average molecular weight is 653 g/mol. The molecule has 2 N–H and O–H groups in total. The van der Waals surface area contributed by atoms with Crippen LogP contribution in [0.2, 0.25) is 0 Å². The van der Waals surface area contributed by atoms with Crippen LogP contribution in [0.25, 0.3) is 5.65 Å². The molecule has 13 nitrogen and oxygen atoms in total. The highest BCUT2D eigenvalue weighted by Crippen LogP contribution is 2.33. The largest absolute Gasteiger partial charge is 0.494 e. The van der Waals surface area contributed by atoms with E-state index in [-0.39, 0.29) is 29.9 Å². The van der Waals surface area contributed by atoms with E-state index in [9.17, 15) is 14.4 Å². The Bertz CT molecular complexity index is 1560. The van der Waals surface area contributed by atoms with Gasteiger partial charge in [-0.15, -0.1) is 0 Å². The molecule has 47 heavy (non-hydrogen) atoms. The van der Waals surface area contributed by atoms with Gasteiger partial charge in [-0.3, -0.25) is 9.63 Å². The second kappa shape index (κ2) is 14.6. The third-order valence-corrected chi connectivity index (χ3v) is 7.29. The lowest BCUT2D eigenvalue weighted by Crippen LogP contribution is -2.42. The molecule has 2 amide bonds. The second-order valence-corrected chi connectivity index (χ2v) is 13.5. The summed E-state index contributed by atoms with van der Waals surface area (Å²) in [6.07, 6.45) is 3.93. The number of aromatic nitrogens is 3. The van der Waals surface area contributed by atoms with Crippen molar-refractivity contribution >= 4 is 35.3 Å². The van der Waals surface area contributed by atoms with Crippen molar-refractivity contribution in [2.24, 2.45) is 0 Å². The monoisotopic (exact) mass is 652 g/mol. The van der Waals surface area contributed by atoms with Crippen molar-refractivity contribution in [3.63, 3.8) is 0 Å². The molecule has 256 valence electrons. The number of anilines is 2. The Labute approximate surface area is 276 Å². The van der Waals surface area contributed by atoms with Crippen LogP contribution in [-0.4, -0.2) is 69.1 Å². The predicted octanol–water partition coefficient (Wildman–Crippen LogP) is 6.24. The van der Waals surface area contributed by atoms with Gasteiger partial charge in [-0.1, -0.05) is 0 Å². The average Bonchev–Trinajstić information content (AvgIpc) is 3.40. The number of rotatable bonds is 10. The maximum Gasteiger partial charge on any atom is 0.407 e. The zero-order chi connectivity index (χ0) is 34.5. The molecule has 1 aliphatic rings. The normalized spacial score (nSPS) is 16.8. The molecule has 2 heterocycles. The molecule has 4 rings (SSSR count). The first-order valence-corrected chi connectivity index (χ1v) is 16.2. The predicted molar refractivity (Wildman–Crippen MR) is 178 cm³/mol. The number of fused-ring (bicyclic) bond motifs is 1. The minimum absolute atomic E-state index is 0.0114. The van der Waals surface area contributed by atoms with Gasteiger partial charge in [0.05, 0.1) is 25.0 Å². The van der Waals surface area contributed by atoms with Crippen molar-refractivity contribution in [1.29, 1.82) is 0 Å². The number of ether oxygens (including phenoxy) is 3. The zero-order valence-corrected chi connectivity index (χ0v) is 28.9. The summed E-state index contributed by atoms with van der Waals surface area (Å²) in [6, 6.07) is 6.82. The number of hydrogen-bond donors (Lipinski definition) is 2. The van der Waals surface area contributed by atoms with Gasteiger partial charge >= 0.3 is 12.1 Å². The van der Waals surface area contributed by atoms with Crippen LogP contribution in [0, 0.1) is 6.92 Å². The third-order valence-electron chi connectivity index (χ3n) is 7.29. The van der Waals surface area contributed by atoms with Gasteiger partial charge in [-0.05, 0) is 112 Å². The SMILES string of the molecule is CCOC(=O)c1cnn2c(N(OC(C)(C)C)C(=O)c3ccc(OCC)cc3)c(C)c(NC3CCC(NC(=O)OC(C)(C)C)CC3)nc12. The lowest BCUT2D eigenvalue weighted by Gasteiger charge is -2.33. The van der Waals surface area contributed by atoms with Gasteiger partial charge in [0.25, 0.3) is 5.91 Å². The Morgan fingerprint density at radius 1 is 0.936 bits per heavy atom. The van der Waals surface area contributed by atoms with Crippen molar-refractivity contribution < 1.29 is 33.4 Å². The summed E-state index contributed by atoms with van der Waals surface area (Å²) < 4.78 is 17.7. The molecule has 0 radical (unpaired) electrons. The molecule has 0 atom stereocenters.